The van der Waals surface area contributed by atoms with E-state index in [9.17, 15) is 4.79 Å². The van der Waals surface area contributed by atoms with Crippen molar-refractivity contribution in [2.75, 3.05) is 0 Å². The van der Waals surface area contributed by atoms with Gasteiger partial charge in [0.25, 0.3) is 0 Å². The SMILES string of the molecule is C[C@@H](C(=S)c1cccnc1)[C@H]1NC(=O)[C@@H]1[C@@](C)(O[Si](C)C)C(C)(C)C. The molecule has 0 bridgehead atoms. The fourth-order valence-electron chi connectivity index (χ4n) is 3.45. The van der Waals surface area contributed by atoms with Crippen LogP contribution in [0.3, 0.4) is 0 Å². The number of β-lactam (4-membered cyclic amide) rings is 1. The van der Waals surface area contributed by atoms with Crippen molar-refractivity contribution in [1.29, 1.82) is 0 Å². The van der Waals surface area contributed by atoms with E-state index in [0.29, 0.717) is 0 Å². The predicted octanol–water partition coefficient (Wildman–Crippen LogP) is 3.62. The normalized spacial score (nSPS) is 24.2. The number of hydrogen-bond acceptors (Lipinski definition) is 4. The molecule has 1 aromatic heterocycles. The van der Waals surface area contributed by atoms with Gasteiger partial charge >= 0.3 is 0 Å². The van der Waals surface area contributed by atoms with Gasteiger partial charge < -0.3 is 9.74 Å². The maximum absolute atomic E-state index is 12.5. The van der Waals surface area contributed by atoms with Crippen LogP contribution >= 0.6 is 12.2 Å². The van der Waals surface area contributed by atoms with Crippen LogP contribution in [0.25, 0.3) is 0 Å². The van der Waals surface area contributed by atoms with Crippen molar-refractivity contribution in [3.63, 3.8) is 0 Å². The Labute approximate surface area is 158 Å². The molecule has 0 saturated carbocycles. The standard InChI is InChI=1S/C19H29N2O2SSi/c1-12(16(24)13-9-8-10-20-11-13)15-14(17(22)21-15)19(5,18(2,3)4)23-25(6)7/h8-12,14-15H,1-7H3,(H,21,22)/t12-,14-,15-,19-/m1/s1. The number of thiocarbonyl (C=S) groups is 1. The first-order valence-electron chi connectivity index (χ1n) is 8.73. The number of carbonyl (C=O) groups excluding carboxylic acids is 1. The Morgan fingerprint density at radius 2 is 2.00 bits per heavy atom. The summed E-state index contributed by atoms with van der Waals surface area (Å²) in [4.78, 5) is 17.5. The van der Waals surface area contributed by atoms with E-state index in [2.05, 4.69) is 58.0 Å². The molecule has 1 aromatic rings. The molecule has 1 fully saturated rings. The topological polar surface area (TPSA) is 51.2 Å². The summed E-state index contributed by atoms with van der Waals surface area (Å²) in [6.07, 6.45) is 3.52. The van der Waals surface area contributed by atoms with E-state index in [0.717, 1.165) is 10.4 Å². The molecule has 0 aromatic carbocycles. The zero-order valence-electron chi connectivity index (χ0n) is 16.2. The predicted molar refractivity (Wildman–Crippen MR) is 107 cm³/mol. The number of nitrogens with zero attached hydrogens (tertiary/aromatic N) is 1. The zero-order chi connectivity index (χ0) is 19.0. The molecule has 1 radical (unpaired) electrons. The van der Waals surface area contributed by atoms with Gasteiger partial charge in [0.2, 0.25) is 14.9 Å². The molecule has 25 heavy (non-hydrogen) atoms. The van der Waals surface area contributed by atoms with Crippen molar-refractivity contribution in [2.24, 2.45) is 17.3 Å². The molecule has 1 saturated heterocycles. The summed E-state index contributed by atoms with van der Waals surface area (Å²) in [6, 6.07) is 3.84. The van der Waals surface area contributed by atoms with Gasteiger partial charge in [-0.05, 0) is 31.5 Å². The molecule has 137 valence electrons. The second kappa shape index (κ2) is 7.25. The zero-order valence-corrected chi connectivity index (χ0v) is 18.0. The van der Waals surface area contributed by atoms with E-state index >= 15 is 0 Å². The van der Waals surface area contributed by atoms with Crippen LogP contribution in [0.5, 0.6) is 0 Å². The van der Waals surface area contributed by atoms with Gasteiger partial charge in [-0.2, -0.15) is 0 Å². The highest BCUT2D eigenvalue weighted by atomic mass is 32.1. The molecule has 2 heterocycles. The highest BCUT2D eigenvalue weighted by Crippen LogP contribution is 2.46. The van der Waals surface area contributed by atoms with Crippen LogP contribution in [0.15, 0.2) is 24.5 Å². The van der Waals surface area contributed by atoms with Crippen molar-refractivity contribution in [3.8, 4) is 0 Å². The Kier molecular flexibility index (Phi) is 5.86. The fourth-order valence-corrected chi connectivity index (χ4v) is 5.00. The lowest BCUT2D eigenvalue weighted by atomic mass is 9.62. The number of rotatable bonds is 6. The molecule has 0 unspecified atom stereocenters. The lowest BCUT2D eigenvalue weighted by molar-refractivity contribution is -0.160. The van der Waals surface area contributed by atoms with E-state index in [1.165, 1.54) is 0 Å². The Balaban J connectivity index is 2.30. The third kappa shape index (κ3) is 3.86. The van der Waals surface area contributed by atoms with Crippen LogP contribution in [0, 0.1) is 17.3 Å². The summed E-state index contributed by atoms with van der Waals surface area (Å²) in [5.41, 5.74) is 0.251. The number of amides is 1. The Morgan fingerprint density at radius 1 is 1.36 bits per heavy atom. The smallest absolute Gasteiger partial charge is 0.228 e. The second-order valence-electron chi connectivity index (χ2n) is 8.27. The van der Waals surface area contributed by atoms with Gasteiger partial charge in [0.05, 0.1) is 17.6 Å². The molecule has 2 rings (SSSR count). The molecule has 6 heteroatoms. The van der Waals surface area contributed by atoms with Crippen LogP contribution in [0.4, 0.5) is 0 Å². The Bertz CT molecular complexity index is 645. The van der Waals surface area contributed by atoms with Gasteiger partial charge in [0.1, 0.15) is 0 Å². The summed E-state index contributed by atoms with van der Waals surface area (Å²) in [6.45, 7) is 14.8. The monoisotopic (exact) mass is 377 g/mol. The molecule has 1 N–H and O–H groups in total. The summed E-state index contributed by atoms with van der Waals surface area (Å²) < 4.78 is 6.43. The average Bonchev–Trinajstić information content (AvgIpc) is 2.50. The first kappa shape index (κ1) is 20.2. The fraction of sp³-hybridized carbons (Fsp3) is 0.632. The minimum Gasteiger partial charge on any atom is -0.411 e. The van der Waals surface area contributed by atoms with Crippen LogP contribution < -0.4 is 5.32 Å². The van der Waals surface area contributed by atoms with Crippen molar-refractivity contribution >= 4 is 32.0 Å². The first-order chi connectivity index (χ1) is 11.5. The first-order valence-corrected chi connectivity index (χ1v) is 11.5. The van der Waals surface area contributed by atoms with E-state index in [4.69, 9.17) is 16.6 Å². The van der Waals surface area contributed by atoms with Crippen LogP contribution in [0.2, 0.25) is 13.1 Å². The van der Waals surface area contributed by atoms with Gasteiger partial charge in [0, 0.05) is 28.7 Å². The molecule has 1 amide bonds. The van der Waals surface area contributed by atoms with Crippen LogP contribution in [-0.2, 0) is 9.22 Å². The van der Waals surface area contributed by atoms with Gasteiger partial charge in [-0.3, -0.25) is 9.78 Å². The molecule has 4 atom stereocenters. The van der Waals surface area contributed by atoms with E-state index in [-0.39, 0.29) is 29.2 Å². The maximum atomic E-state index is 12.5. The van der Waals surface area contributed by atoms with Crippen molar-refractivity contribution < 1.29 is 9.22 Å². The van der Waals surface area contributed by atoms with E-state index < -0.39 is 14.6 Å². The van der Waals surface area contributed by atoms with Crippen LogP contribution in [-0.4, -0.2) is 36.4 Å². The highest BCUT2D eigenvalue weighted by Gasteiger charge is 2.58. The van der Waals surface area contributed by atoms with Crippen molar-refractivity contribution in [1.82, 2.24) is 10.3 Å². The molecule has 1 aliphatic heterocycles. The molecule has 4 nitrogen and oxygen atoms in total. The molecular formula is C19H29N2O2SSi. The van der Waals surface area contributed by atoms with Gasteiger partial charge in [0.15, 0.2) is 0 Å². The van der Waals surface area contributed by atoms with Crippen LogP contribution in [0.1, 0.15) is 40.2 Å². The average molecular weight is 378 g/mol. The van der Waals surface area contributed by atoms with Gasteiger partial charge in [-0.25, -0.2) is 0 Å². The van der Waals surface area contributed by atoms with Gasteiger partial charge in [-0.1, -0.05) is 46.0 Å². The lowest BCUT2D eigenvalue weighted by Gasteiger charge is -2.55. The van der Waals surface area contributed by atoms with E-state index in [1.807, 2.05) is 12.1 Å². The highest BCUT2D eigenvalue weighted by molar-refractivity contribution is 7.80. The van der Waals surface area contributed by atoms with E-state index in [1.54, 1.807) is 12.4 Å². The number of carbonyl (C=O) groups is 1. The number of aromatic nitrogens is 1. The number of hydrogen-bond donors (Lipinski definition) is 1. The third-order valence-electron chi connectivity index (χ3n) is 5.35. The summed E-state index contributed by atoms with van der Waals surface area (Å²) in [7, 11) is -0.960. The van der Waals surface area contributed by atoms with Crippen molar-refractivity contribution in [3.05, 3.63) is 30.1 Å². The largest absolute Gasteiger partial charge is 0.411 e. The second-order valence-corrected chi connectivity index (χ2v) is 10.7. The molecule has 1 aliphatic rings. The lowest BCUT2D eigenvalue weighted by Crippen LogP contribution is -2.72. The third-order valence-corrected chi connectivity index (χ3v) is 6.79. The Morgan fingerprint density at radius 3 is 2.44 bits per heavy atom. The maximum Gasteiger partial charge on any atom is 0.228 e. The molecule has 0 aliphatic carbocycles. The van der Waals surface area contributed by atoms with Crippen molar-refractivity contribution in [2.45, 2.75) is 59.4 Å². The molecule has 0 spiro atoms. The summed E-state index contributed by atoms with van der Waals surface area (Å²) >= 11 is 5.69. The quantitative estimate of drug-likeness (QED) is 0.356. The van der Waals surface area contributed by atoms with Gasteiger partial charge in [-0.15, -0.1) is 0 Å². The minimum atomic E-state index is -0.960. The Hall–Kier alpha value is -1.11. The summed E-state index contributed by atoms with van der Waals surface area (Å²) in [5, 5.41) is 3.08. The minimum absolute atomic E-state index is 0.0224. The summed E-state index contributed by atoms with van der Waals surface area (Å²) in [5.74, 6) is -0.111. The number of pyridine rings is 1. The molecular weight excluding hydrogens is 348 g/mol. The number of nitrogens with one attached hydrogen (secondary N) is 1.